The van der Waals surface area contributed by atoms with Gasteiger partial charge in [-0.1, -0.05) is 18.2 Å². The molecule has 22 heavy (non-hydrogen) atoms. The van der Waals surface area contributed by atoms with Crippen LogP contribution < -0.4 is 5.32 Å². The molecule has 3 aromatic rings. The molecular weight excluding hydrogens is 298 g/mol. The molecule has 1 aromatic carbocycles. The van der Waals surface area contributed by atoms with Crippen molar-refractivity contribution < 1.29 is 9.59 Å². The van der Waals surface area contributed by atoms with Gasteiger partial charge in [-0.05, 0) is 19.1 Å². The molecular formula is C16H15N3O2S. The van der Waals surface area contributed by atoms with Crippen LogP contribution in [0.3, 0.4) is 0 Å². The zero-order valence-electron chi connectivity index (χ0n) is 12.1. The number of aromatic nitrogens is 2. The largest absolute Gasteiger partial charge is 0.302 e. The summed E-state index contributed by atoms with van der Waals surface area (Å²) in [5.74, 6) is -0.286. The van der Waals surface area contributed by atoms with E-state index in [-0.39, 0.29) is 24.7 Å². The summed E-state index contributed by atoms with van der Waals surface area (Å²) in [5, 5.41) is 4.29. The number of hydrogen-bond donors (Lipinski definition) is 1. The summed E-state index contributed by atoms with van der Waals surface area (Å²) in [7, 11) is 0. The Balaban J connectivity index is 1.61. The van der Waals surface area contributed by atoms with Gasteiger partial charge in [-0.3, -0.25) is 14.2 Å². The fourth-order valence-electron chi connectivity index (χ4n) is 2.24. The highest BCUT2D eigenvalue weighted by atomic mass is 32.1. The first-order valence-electron chi connectivity index (χ1n) is 6.95. The quantitative estimate of drug-likeness (QED) is 0.802. The van der Waals surface area contributed by atoms with Crippen molar-refractivity contribution in [1.82, 2.24) is 9.55 Å². The second-order valence-corrected chi connectivity index (χ2v) is 6.20. The highest BCUT2D eigenvalue weighted by Gasteiger charge is 2.12. The van der Waals surface area contributed by atoms with Crippen molar-refractivity contribution >= 4 is 39.2 Å². The maximum atomic E-state index is 12.3. The van der Waals surface area contributed by atoms with Crippen LogP contribution in [0.2, 0.25) is 0 Å². The Labute approximate surface area is 131 Å². The summed E-state index contributed by atoms with van der Waals surface area (Å²) < 4.78 is 1.59. The molecule has 0 radical (unpaired) electrons. The number of amides is 1. The Morgan fingerprint density at radius 1 is 1.23 bits per heavy atom. The molecule has 2 heterocycles. The molecule has 112 valence electrons. The Bertz CT molecular complexity index is 835. The number of fused-ring (bicyclic) bond motifs is 1. The first-order chi connectivity index (χ1) is 10.6. The van der Waals surface area contributed by atoms with Gasteiger partial charge in [0, 0.05) is 35.5 Å². The molecule has 1 N–H and O–H groups in total. The fraction of sp³-hybridized carbons (Fsp3) is 0.188. The van der Waals surface area contributed by atoms with E-state index in [4.69, 9.17) is 0 Å². The summed E-state index contributed by atoms with van der Waals surface area (Å²) in [6.45, 7) is 1.92. The highest BCUT2D eigenvalue weighted by molar-refractivity contribution is 7.15. The van der Waals surface area contributed by atoms with Crippen molar-refractivity contribution in [2.75, 3.05) is 5.32 Å². The molecule has 0 aliphatic heterocycles. The third kappa shape index (κ3) is 3.07. The van der Waals surface area contributed by atoms with Crippen molar-refractivity contribution in [1.29, 1.82) is 0 Å². The molecule has 0 atom stereocenters. The van der Waals surface area contributed by atoms with Gasteiger partial charge in [0.15, 0.2) is 5.13 Å². The van der Waals surface area contributed by atoms with Crippen LogP contribution in [0.25, 0.3) is 10.9 Å². The summed E-state index contributed by atoms with van der Waals surface area (Å²) in [4.78, 5) is 29.2. The number of hydrogen-bond acceptors (Lipinski definition) is 4. The lowest BCUT2D eigenvalue weighted by atomic mass is 10.2. The second kappa shape index (κ2) is 6.11. The lowest BCUT2D eigenvalue weighted by molar-refractivity contribution is -0.116. The van der Waals surface area contributed by atoms with Crippen molar-refractivity contribution in [3.63, 3.8) is 0 Å². The van der Waals surface area contributed by atoms with E-state index in [0.29, 0.717) is 5.13 Å². The van der Waals surface area contributed by atoms with E-state index in [2.05, 4.69) is 10.3 Å². The molecule has 0 saturated heterocycles. The van der Waals surface area contributed by atoms with Gasteiger partial charge < -0.3 is 5.32 Å². The van der Waals surface area contributed by atoms with Crippen LogP contribution >= 0.6 is 11.3 Å². The predicted octanol–water partition coefficient (Wildman–Crippen LogP) is 3.47. The number of carbonyl (C=O) groups is 2. The lowest BCUT2D eigenvalue weighted by Crippen LogP contribution is -2.16. The minimum Gasteiger partial charge on any atom is -0.302 e. The zero-order valence-corrected chi connectivity index (χ0v) is 12.9. The van der Waals surface area contributed by atoms with Crippen LogP contribution in [-0.2, 0) is 4.79 Å². The molecule has 6 heteroatoms. The number of aryl methyl sites for hydroxylation is 1. The Morgan fingerprint density at radius 2 is 2.05 bits per heavy atom. The number of nitrogens with one attached hydrogen (secondary N) is 1. The minimum atomic E-state index is -0.195. The first-order valence-corrected chi connectivity index (χ1v) is 7.77. The summed E-state index contributed by atoms with van der Waals surface area (Å²) in [6, 6.07) is 9.57. The average molecular weight is 313 g/mol. The Morgan fingerprint density at radius 3 is 2.82 bits per heavy atom. The van der Waals surface area contributed by atoms with Crippen LogP contribution in [-0.4, -0.2) is 21.4 Å². The van der Waals surface area contributed by atoms with Gasteiger partial charge in [-0.25, -0.2) is 4.98 Å². The Hall–Kier alpha value is -2.47. The second-order valence-electron chi connectivity index (χ2n) is 4.96. The summed E-state index contributed by atoms with van der Waals surface area (Å²) in [5.41, 5.74) is 0.864. The van der Waals surface area contributed by atoms with Gasteiger partial charge in [0.05, 0.1) is 5.52 Å². The lowest BCUT2D eigenvalue weighted by Gasteiger charge is -2.04. The van der Waals surface area contributed by atoms with E-state index >= 15 is 0 Å². The van der Waals surface area contributed by atoms with Crippen LogP contribution in [0, 0.1) is 6.92 Å². The van der Waals surface area contributed by atoms with Gasteiger partial charge >= 0.3 is 0 Å². The topological polar surface area (TPSA) is 64.0 Å². The van der Waals surface area contributed by atoms with Crippen LogP contribution in [0.4, 0.5) is 5.13 Å². The van der Waals surface area contributed by atoms with Crippen molar-refractivity contribution in [3.8, 4) is 0 Å². The smallest absolute Gasteiger partial charge is 0.231 e. The molecule has 2 aromatic heterocycles. The molecule has 5 nitrogen and oxygen atoms in total. The first kappa shape index (κ1) is 14.5. The number of rotatable bonds is 4. The SMILES string of the molecule is Cc1cnc(NC(=O)CCC(=O)n2ccc3ccccc32)s1. The van der Waals surface area contributed by atoms with Crippen molar-refractivity contribution in [2.45, 2.75) is 19.8 Å². The highest BCUT2D eigenvalue weighted by Crippen LogP contribution is 2.18. The van der Waals surface area contributed by atoms with Gasteiger partial charge in [-0.15, -0.1) is 11.3 Å². The van der Waals surface area contributed by atoms with E-state index in [9.17, 15) is 9.59 Å². The Kier molecular flexibility index (Phi) is 4.02. The number of anilines is 1. The summed E-state index contributed by atoms with van der Waals surface area (Å²) in [6.07, 6.45) is 3.76. The van der Waals surface area contributed by atoms with Crippen molar-refractivity contribution in [3.05, 3.63) is 47.6 Å². The summed E-state index contributed by atoms with van der Waals surface area (Å²) >= 11 is 1.42. The molecule has 0 fully saturated rings. The van der Waals surface area contributed by atoms with Crippen LogP contribution in [0.1, 0.15) is 22.5 Å². The standard InChI is InChI=1S/C16H15N3O2S/c1-11-10-17-16(22-11)18-14(20)6-7-15(21)19-9-8-12-4-2-3-5-13(12)19/h2-5,8-10H,6-7H2,1H3,(H,17,18,20). The van der Waals surface area contributed by atoms with E-state index in [1.165, 1.54) is 11.3 Å². The van der Waals surface area contributed by atoms with E-state index < -0.39 is 0 Å². The van der Waals surface area contributed by atoms with E-state index in [0.717, 1.165) is 15.8 Å². The molecule has 0 aliphatic rings. The number of benzene rings is 1. The van der Waals surface area contributed by atoms with Crippen LogP contribution in [0.15, 0.2) is 42.7 Å². The molecule has 1 amide bonds. The number of para-hydroxylation sites is 1. The molecule has 0 spiro atoms. The van der Waals surface area contributed by atoms with Gasteiger partial charge in [-0.2, -0.15) is 0 Å². The normalized spacial score (nSPS) is 10.8. The fourth-order valence-corrected chi connectivity index (χ4v) is 2.92. The number of nitrogens with zero attached hydrogens (tertiary/aromatic N) is 2. The van der Waals surface area contributed by atoms with Crippen LogP contribution in [0.5, 0.6) is 0 Å². The maximum Gasteiger partial charge on any atom is 0.231 e. The zero-order chi connectivity index (χ0) is 15.5. The molecule has 0 bridgehead atoms. The van der Waals surface area contributed by atoms with Crippen molar-refractivity contribution in [2.24, 2.45) is 0 Å². The number of thiazole rings is 1. The maximum absolute atomic E-state index is 12.3. The monoisotopic (exact) mass is 313 g/mol. The molecule has 0 saturated carbocycles. The number of carbonyl (C=O) groups excluding carboxylic acids is 2. The third-order valence-electron chi connectivity index (χ3n) is 3.30. The predicted molar refractivity (Wildman–Crippen MR) is 87.3 cm³/mol. The van der Waals surface area contributed by atoms with Gasteiger partial charge in [0.1, 0.15) is 0 Å². The molecule has 0 aliphatic carbocycles. The molecule has 0 unspecified atom stereocenters. The van der Waals surface area contributed by atoms with E-state index in [1.807, 2.05) is 37.3 Å². The minimum absolute atomic E-state index is 0.0910. The van der Waals surface area contributed by atoms with Gasteiger partial charge in [0.2, 0.25) is 11.8 Å². The third-order valence-corrected chi connectivity index (χ3v) is 4.13. The average Bonchev–Trinajstić information content (AvgIpc) is 3.11. The van der Waals surface area contributed by atoms with Gasteiger partial charge in [0.25, 0.3) is 0 Å². The van der Waals surface area contributed by atoms with E-state index in [1.54, 1.807) is 17.0 Å². The molecule has 3 rings (SSSR count).